The van der Waals surface area contributed by atoms with Crippen molar-refractivity contribution in [3.05, 3.63) is 33.6 Å². The summed E-state index contributed by atoms with van der Waals surface area (Å²) in [4.78, 5) is 11.7. The number of carbonyl (C=O) groups is 1. The van der Waals surface area contributed by atoms with Gasteiger partial charge in [0.25, 0.3) is 0 Å². The van der Waals surface area contributed by atoms with Crippen molar-refractivity contribution >= 4 is 17.5 Å². The highest BCUT2D eigenvalue weighted by atomic mass is 35.5. The van der Waals surface area contributed by atoms with E-state index in [2.05, 4.69) is 0 Å². The summed E-state index contributed by atoms with van der Waals surface area (Å²) in [5, 5.41) is 0.0440. The number of unbranched alkanes of at least 4 members (excludes halogenated alkanes) is 2. The number of halogens is 2. The van der Waals surface area contributed by atoms with E-state index in [1.54, 1.807) is 0 Å². The van der Waals surface area contributed by atoms with E-state index in [9.17, 15) is 9.18 Å². The van der Waals surface area contributed by atoms with Crippen LogP contribution in [-0.4, -0.2) is 5.91 Å². The summed E-state index contributed by atoms with van der Waals surface area (Å²) in [6.07, 6.45) is 4.93. The molecule has 0 aromatic heterocycles. The molecular weight excluding hydrogens is 265 g/mol. The molecule has 1 aromatic carbocycles. The van der Waals surface area contributed by atoms with Gasteiger partial charge in [-0.15, -0.1) is 0 Å². The lowest BCUT2D eigenvalue weighted by Crippen LogP contribution is -2.18. The average Bonchev–Trinajstić information content (AvgIpc) is 2.37. The van der Waals surface area contributed by atoms with Crippen LogP contribution >= 0.6 is 11.6 Å². The zero-order valence-corrected chi connectivity index (χ0v) is 12.3. The van der Waals surface area contributed by atoms with Crippen LogP contribution in [-0.2, 0) is 12.8 Å². The average molecular weight is 286 g/mol. The summed E-state index contributed by atoms with van der Waals surface area (Å²) in [6.45, 7) is 4.09. The van der Waals surface area contributed by atoms with Gasteiger partial charge in [-0.2, -0.15) is 0 Å². The van der Waals surface area contributed by atoms with Gasteiger partial charge in [0.15, 0.2) is 0 Å². The number of carbonyl (C=O) groups excluding carboxylic acids is 1. The molecule has 4 heteroatoms. The molecule has 0 aliphatic heterocycles. The minimum absolute atomic E-state index is 0.0440. The molecule has 106 valence electrons. The van der Waals surface area contributed by atoms with E-state index >= 15 is 0 Å². The van der Waals surface area contributed by atoms with Crippen LogP contribution in [0.5, 0.6) is 0 Å². The first-order chi connectivity index (χ1) is 9.02. The number of hydrogen-bond acceptors (Lipinski definition) is 1. The second kappa shape index (κ2) is 7.49. The van der Waals surface area contributed by atoms with Gasteiger partial charge in [0.1, 0.15) is 5.82 Å². The van der Waals surface area contributed by atoms with Crippen LogP contribution in [0, 0.1) is 5.82 Å². The lowest BCUT2D eigenvalue weighted by molar-refractivity contribution is 0.0998. The molecule has 0 radical (unpaired) electrons. The van der Waals surface area contributed by atoms with E-state index in [1.165, 1.54) is 6.07 Å². The summed E-state index contributed by atoms with van der Waals surface area (Å²) in [5.41, 5.74) is 7.14. The first kappa shape index (κ1) is 16.0. The Bertz CT molecular complexity index is 460. The van der Waals surface area contributed by atoms with Crippen molar-refractivity contribution in [3.63, 3.8) is 0 Å². The second-order valence-corrected chi connectivity index (χ2v) is 5.13. The van der Waals surface area contributed by atoms with Gasteiger partial charge in [0.2, 0.25) is 5.91 Å². The van der Waals surface area contributed by atoms with Gasteiger partial charge in [-0.25, -0.2) is 4.39 Å². The monoisotopic (exact) mass is 285 g/mol. The predicted molar refractivity (Wildman–Crippen MR) is 77.2 cm³/mol. The number of amides is 1. The minimum Gasteiger partial charge on any atom is -0.366 e. The molecule has 0 saturated carbocycles. The third-order valence-electron chi connectivity index (χ3n) is 3.22. The summed E-state index contributed by atoms with van der Waals surface area (Å²) < 4.78 is 13.9. The van der Waals surface area contributed by atoms with Crippen molar-refractivity contribution in [1.82, 2.24) is 0 Å². The Balaban J connectivity index is 3.30. The molecular formula is C15H21ClFNO. The lowest BCUT2D eigenvalue weighted by atomic mass is 9.93. The summed E-state index contributed by atoms with van der Waals surface area (Å²) in [6, 6.07) is 1.35. The quantitative estimate of drug-likeness (QED) is 0.799. The topological polar surface area (TPSA) is 43.1 Å². The molecule has 1 aromatic rings. The van der Waals surface area contributed by atoms with E-state index in [0.717, 1.165) is 25.7 Å². The summed E-state index contributed by atoms with van der Waals surface area (Å²) in [5.74, 6) is -0.969. The van der Waals surface area contributed by atoms with E-state index in [-0.39, 0.29) is 5.02 Å². The molecule has 0 heterocycles. The Morgan fingerprint density at radius 2 is 1.84 bits per heavy atom. The molecule has 0 aliphatic carbocycles. The van der Waals surface area contributed by atoms with E-state index in [4.69, 9.17) is 17.3 Å². The zero-order chi connectivity index (χ0) is 14.4. The third kappa shape index (κ3) is 3.93. The van der Waals surface area contributed by atoms with Crippen LogP contribution in [0.4, 0.5) is 4.39 Å². The van der Waals surface area contributed by atoms with E-state index < -0.39 is 11.7 Å². The van der Waals surface area contributed by atoms with Crippen molar-refractivity contribution in [1.29, 1.82) is 0 Å². The third-order valence-corrected chi connectivity index (χ3v) is 3.63. The number of aryl methyl sites for hydroxylation is 1. The standard InChI is InChI=1S/C15H21ClFNO/c1-3-5-7-10-9-12(17)14(16)11(8-6-4-2)13(10)15(18)19/h9H,3-8H2,1-2H3,(H2,18,19). The van der Waals surface area contributed by atoms with Gasteiger partial charge in [0, 0.05) is 5.56 Å². The van der Waals surface area contributed by atoms with Gasteiger partial charge in [0.05, 0.1) is 5.02 Å². The predicted octanol–water partition coefficient (Wildman–Crippen LogP) is 4.26. The number of hydrogen-bond donors (Lipinski definition) is 1. The molecule has 0 aliphatic rings. The molecule has 2 nitrogen and oxygen atoms in total. The van der Waals surface area contributed by atoms with Crippen molar-refractivity contribution < 1.29 is 9.18 Å². The van der Waals surface area contributed by atoms with Gasteiger partial charge >= 0.3 is 0 Å². The number of benzene rings is 1. The van der Waals surface area contributed by atoms with Gasteiger partial charge in [-0.1, -0.05) is 38.3 Å². The van der Waals surface area contributed by atoms with Crippen LogP contribution in [0.3, 0.4) is 0 Å². The molecule has 0 bridgehead atoms. The van der Waals surface area contributed by atoms with Gasteiger partial charge in [-0.05, 0) is 42.9 Å². The molecule has 2 N–H and O–H groups in total. The molecule has 1 amide bonds. The number of nitrogens with two attached hydrogens (primary N) is 1. The summed E-state index contributed by atoms with van der Waals surface area (Å²) >= 11 is 6.00. The highest BCUT2D eigenvalue weighted by Crippen LogP contribution is 2.29. The van der Waals surface area contributed by atoms with Crippen molar-refractivity contribution in [2.75, 3.05) is 0 Å². The fourth-order valence-corrected chi connectivity index (χ4v) is 2.44. The summed E-state index contributed by atoms with van der Waals surface area (Å²) in [7, 11) is 0. The SMILES string of the molecule is CCCCc1cc(F)c(Cl)c(CCCC)c1C(N)=O. The fourth-order valence-electron chi connectivity index (χ4n) is 2.20. The van der Waals surface area contributed by atoms with Crippen LogP contribution in [0.1, 0.15) is 61.0 Å². The second-order valence-electron chi connectivity index (χ2n) is 4.76. The Hall–Kier alpha value is -1.09. The Morgan fingerprint density at radius 3 is 2.37 bits per heavy atom. The van der Waals surface area contributed by atoms with Gasteiger partial charge < -0.3 is 5.73 Å². The van der Waals surface area contributed by atoms with Crippen LogP contribution in [0.2, 0.25) is 5.02 Å². The van der Waals surface area contributed by atoms with Crippen molar-refractivity contribution in [2.45, 2.75) is 52.4 Å². The van der Waals surface area contributed by atoms with Crippen molar-refractivity contribution in [3.8, 4) is 0 Å². The smallest absolute Gasteiger partial charge is 0.249 e. The fraction of sp³-hybridized carbons (Fsp3) is 0.533. The van der Waals surface area contributed by atoms with E-state index in [0.29, 0.717) is 29.5 Å². The molecule has 1 rings (SSSR count). The maximum atomic E-state index is 13.9. The molecule has 0 saturated heterocycles. The van der Waals surface area contributed by atoms with Crippen molar-refractivity contribution in [2.24, 2.45) is 5.73 Å². The Morgan fingerprint density at radius 1 is 1.26 bits per heavy atom. The number of rotatable bonds is 7. The highest BCUT2D eigenvalue weighted by molar-refractivity contribution is 6.32. The highest BCUT2D eigenvalue weighted by Gasteiger charge is 2.19. The van der Waals surface area contributed by atoms with Crippen LogP contribution in [0.15, 0.2) is 6.07 Å². The van der Waals surface area contributed by atoms with Crippen LogP contribution < -0.4 is 5.73 Å². The zero-order valence-electron chi connectivity index (χ0n) is 11.6. The maximum absolute atomic E-state index is 13.9. The Kier molecular flexibility index (Phi) is 6.29. The maximum Gasteiger partial charge on any atom is 0.249 e. The molecule has 0 unspecified atom stereocenters. The number of primary amides is 1. The first-order valence-electron chi connectivity index (χ1n) is 6.82. The van der Waals surface area contributed by atoms with E-state index in [1.807, 2.05) is 13.8 Å². The first-order valence-corrected chi connectivity index (χ1v) is 7.20. The molecule has 19 heavy (non-hydrogen) atoms. The minimum atomic E-state index is -0.515. The molecule has 0 atom stereocenters. The molecule has 0 fully saturated rings. The molecule has 0 spiro atoms. The van der Waals surface area contributed by atoms with Gasteiger partial charge in [-0.3, -0.25) is 4.79 Å². The van der Waals surface area contributed by atoms with Crippen LogP contribution in [0.25, 0.3) is 0 Å². The largest absolute Gasteiger partial charge is 0.366 e. The lowest BCUT2D eigenvalue weighted by Gasteiger charge is -2.15. The Labute approximate surface area is 119 Å². The normalized spacial score (nSPS) is 10.7.